The molecule has 0 heterocycles. The van der Waals surface area contributed by atoms with E-state index >= 15 is 0 Å². The minimum Gasteiger partial charge on any atom is -0.481 e. The van der Waals surface area contributed by atoms with Crippen molar-refractivity contribution >= 4 is 27.9 Å². The summed E-state index contributed by atoms with van der Waals surface area (Å²) in [7, 11) is 0. The zero-order valence-corrected chi connectivity index (χ0v) is 13.3. The molecule has 0 amide bonds. The number of rotatable bonds is 6. The molecule has 0 aliphatic heterocycles. The van der Waals surface area contributed by atoms with Crippen molar-refractivity contribution < 1.29 is 19.4 Å². The lowest BCUT2D eigenvalue weighted by Gasteiger charge is -2.12. The molecule has 0 aromatic heterocycles. The lowest BCUT2D eigenvalue weighted by Crippen LogP contribution is -2.17. The monoisotopic (exact) mass is 362 g/mol. The molecule has 0 fully saturated rings. The second-order valence-electron chi connectivity index (χ2n) is 4.79. The summed E-state index contributed by atoms with van der Waals surface area (Å²) in [5.74, 6) is -2.48. The van der Waals surface area contributed by atoms with E-state index in [1.54, 1.807) is 24.3 Å². The SMILES string of the molecule is O=C(CC(C(=O)O)c1ccc(Br)cc1)OCc1ccccc1. The number of hydrogen-bond donors (Lipinski definition) is 1. The van der Waals surface area contributed by atoms with Gasteiger partial charge in [0.15, 0.2) is 0 Å². The van der Waals surface area contributed by atoms with Crippen molar-refractivity contribution in [2.75, 3.05) is 0 Å². The Hall–Kier alpha value is -2.14. The standard InChI is InChI=1S/C17H15BrO4/c18-14-8-6-13(7-9-14)15(17(20)21)10-16(19)22-11-12-4-2-1-3-5-12/h1-9,15H,10-11H2,(H,20,21). The number of esters is 1. The number of halogens is 1. The van der Waals surface area contributed by atoms with E-state index in [0.29, 0.717) is 5.56 Å². The highest BCUT2D eigenvalue weighted by Gasteiger charge is 2.24. The van der Waals surface area contributed by atoms with Crippen molar-refractivity contribution in [3.05, 3.63) is 70.2 Å². The van der Waals surface area contributed by atoms with Gasteiger partial charge in [0.2, 0.25) is 0 Å². The Morgan fingerprint density at radius 2 is 1.68 bits per heavy atom. The van der Waals surface area contributed by atoms with Gasteiger partial charge in [0.05, 0.1) is 12.3 Å². The van der Waals surface area contributed by atoms with E-state index in [0.717, 1.165) is 10.0 Å². The molecule has 1 unspecified atom stereocenters. The molecule has 4 nitrogen and oxygen atoms in total. The van der Waals surface area contributed by atoms with E-state index in [1.807, 2.05) is 30.3 Å². The van der Waals surface area contributed by atoms with Gasteiger partial charge in [0.25, 0.3) is 0 Å². The van der Waals surface area contributed by atoms with Gasteiger partial charge < -0.3 is 9.84 Å². The molecule has 0 bridgehead atoms. The summed E-state index contributed by atoms with van der Waals surface area (Å²) in [4.78, 5) is 23.3. The van der Waals surface area contributed by atoms with Gasteiger partial charge in [-0.25, -0.2) is 0 Å². The third-order valence-electron chi connectivity index (χ3n) is 3.18. The third-order valence-corrected chi connectivity index (χ3v) is 3.71. The van der Waals surface area contributed by atoms with Crippen LogP contribution >= 0.6 is 15.9 Å². The van der Waals surface area contributed by atoms with E-state index in [-0.39, 0.29) is 13.0 Å². The number of carbonyl (C=O) groups excluding carboxylic acids is 1. The number of ether oxygens (including phenoxy) is 1. The molecule has 0 saturated heterocycles. The maximum atomic E-state index is 11.9. The zero-order valence-electron chi connectivity index (χ0n) is 11.7. The molecule has 0 saturated carbocycles. The predicted octanol–water partition coefficient (Wildman–Crippen LogP) is 3.75. The Balaban J connectivity index is 1.97. The number of carboxylic acids is 1. The Labute approximate surface area is 136 Å². The number of carboxylic acid groups (broad SMARTS) is 1. The fourth-order valence-corrected chi connectivity index (χ4v) is 2.27. The van der Waals surface area contributed by atoms with Gasteiger partial charge in [-0.05, 0) is 23.3 Å². The normalized spacial score (nSPS) is 11.7. The van der Waals surface area contributed by atoms with E-state index in [1.165, 1.54) is 0 Å². The fourth-order valence-electron chi connectivity index (χ4n) is 2.01. The average Bonchev–Trinajstić information content (AvgIpc) is 2.52. The van der Waals surface area contributed by atoms with Gasteiger partial charge >= 0.3 is 11.9 Å². The molecular formula is C17H15BrO4. The van der Waals surface area contributed by atoms with E-state index in [9.17, 15) is 14.7 Å². The van der Waals surface area contributed by atoms with Crippen LogP contribution in [0.2, 0.25) is 0 Å². The first-order chi connectivity index (χ1) is 10.6. The smallest absolute Gasteiger partial charge is 0.311 e. The number of hydrogen-bond acceptors (Lipinski definition) is 3. The summed E-state index contributed by atoms with van der Waals surface area (Å²) in [6, 6.07) is 16.1. The van der Waals surface area contributed by atoms with Gasteiger partial charge in [-0.3, -0.25) is 9.59 Å². The molecule has 0 radical (unpaired) electrons. The van der Waals surface area contributed by atoms with E-state index in [4.69, 9.17) is 4.74 Å². The first-order valence-electron chi connectivity index (χ1n) is 6.74. The molecule has 0 aliphatic rings. The molecule has 1 atom stereocenters. The van der Waals surface area contributed by atoms with Gasteiger partial charge in [0.1, 0.15) is 6.61 Å². The Morgan fingerprint density at radius 3 is 2.27 bits per heavy atom. The molecular weight excluding hydrogens is 348 g/mol. The van der Waals surface area contributed by atoms with Gasteiger partial charge in [0, 0.05) is 4.47 Å². The third kappa shape index (κ3) is 4.70. The molecule has 2 aromatic rings. The van der Waals surface area contributed by atoms with Crippen molar-refractivity contribution in [2.45, 2.75) is 18.9 Å². The summed E-state index contributed by atoms with van der Waals surface area (Å²) in [5.41, 5.74) is 1.44. The van der Waals surface area contributed by atoms with Crippen LogP contribution in [0.3, 0.4) is 0 Å². The number of benzene rings is 2. The molecule has 22 heavy (non-hydrogen) atoms. The fraction of sp³-hybridized carbons (Fsp3) is 0.176. The Bertz CT molecular complexity index is 637. The molecule has 0 spiro atoms. The van der Waals surface area contributed by atoms with Gasteiger partial charge in [-0.1, -0.05) is 58.4 Å². The summed E-state index contributed by atoms with van der Waals surface area (Å²) in [6.07, 6.45) is -0.191. The number of aliphatic carboxylic acids is 1. The molecule has 1 N–H and O–H groups in total. The highest BCUT2D eigenvalue weighted by Crippen LogP contribution is 2.23. The Morgan fingerprint density at radius 1 is 1.05 bits per heavy atom. The minimum absolute atomic E-state index is 0.145. The first-order valence-corrected chi connectivity index (χ1v) is 7.53. The quantitative estimate of drug-likeness (QED) is 0.794. The van der Waals surface area contributed by atoms with Gasteiger partial charge in [-0.2, -0.15) is 0 Å². The molecule has 0 aliphatic carbocycles. The summed E-state index contributed by atoms with van der Waals surface area (Å²) in [5, 5.41) is 9.31. The largest absolute Gasteiger partial charge is 0.481 e. The molecule has 2 rings (SSSR count). The van der Waals surface area contributed by atoms with Crippen molar-refractivity contribution in [3.8, 4) is 0 Å². The van der Waals surface area contributed by atoms with Crippen LogP contribution in [0.5, 0.6) is 0 Å². The summed E-state index contributed by atoms with van der Waals surface area (Å²) >= 11 is 3.29. The van der Waals surface area contributed by atoms with Crippen molar-refractivity contribution in [3.63, 3.8) is 0 Å². The van der Waals surface area contributed by atoms with Crippen LogP contribution < -0.4 is 0 Å². The van der Waals surface area contributed by atoms with Crippen molar-refractivity contribution in [2.24, 2.45) is 0 Å². The Kier molecular flexibility index (Phi) is 5.72. The topological polar surface area (TPSA) is 63.6 Å². The molecule has 5 heteroatoms. The first kappa shape index (κ1) is 16.2. The summed E-state index contributed by atoms with van der Waals surface area (Å²) in [6.45, 7) is 0.145. The highest BCUT2D eigenvalue weighted by atomic mass is 79.9. The van der Waals surface area contributed by atoms with E-state index < -0.39 is 17.9 Å². The average molecular weight is 363 g/mol. The van der Waals surface area contributed by atoms with Crippen LogP contribution in [-0.2, 0) is 20.9 Å². The number of carbonyl (C=O) groups is 2. The lowest BCUT2D eigenvalue weighted by molar-refractivity contribution is -0.150. The van der Waals surface area contributed by atoms with Crippen LogP contribution in [0.25, 0.3) is 0 Å². The van der Waals surface area contributed by atoms with Crippen molar-refractivity contribution in [1.82, 2.24) is 0 Å². The second kappa shape index (κ2) is 7.75. The van der Waals surface area contributed by atoms with Crippen LogP contribution in [0.4, 0.5) is 0 Å². The predicted molar refractivity (Wildman–Crippen MR) is 85.4 cm³/mol. The van der Waals surface area contributed by atoms with Gasteiger partial charge in [-0.15, -0.1) is 0 Å². The van der Waals surface area contributed by atoms with E-state index in [2.05, 4.69) is 15.9 Å². The second-order valence-corrected chi connectivity index (χ2v) is 5.71. The maximum absolute atomic E-state index is 11.9. The van der Waals surface area contributed by atoms with Crippen LogP contribution in [0, 0.1) is 0 Å². The van der Waals surface area contributed by atoms with Crippen LogP contribution in [0.15, 0.2) is 59.1 Å². The molecule has 114 valence electrons. The van der Waals surface area contributed by atoms with Crippen LogP contribution in [-0.4, -0.2) is 17.0 Å². The van der Waals surface area contributed by atoms with Crippen LogP contribution in [0.1, 0.15) is 23.5 Å². The lowest BCUT2D eigenvalue weighted by atomic mass is 9.96. The zero-order chi connectivity index (χ0) is 15.9. The highest BCUT2D eigenvalue weighted by molar-refractivity contribution is 9.10. The summed E-state index contributed by atoms with van der Waals surface area (Å²) < 4.78 is 6.00. The van der Waals surface area contributed by atoms with Crippen molar-refractivity contribution in [1.29, 1.82) is 0 Å². The minimum atomic E-state index is -1.04. The molecule has 2 aromatic carbocycles. The maximum Gasteiger partial charge on any atom is 0.311 e.